The monoisotopic (exact) mass is 288 g/mol. The van der Waals surface area contributed by atoms with Crippen LogP contribution in [0.25, 0.3) is 0 Å². The maximum atomic E-state index is 12.8. The summed E-state index contributed by atoms with van der Waals surface area (Å²) in [5, 5.41) is 9.30. The number of benzene rings is 1. The van der Waals surface area contributed by atoms with E-state index in [-0.39, 0.29) is 17.9 Å². The summed E-state index contributed by atoms with van der Waals surface area (Å²) in [6.45, 7) is 0.651. The van der Waals surface area contributed by atoms with Gasteiger partial charge in [-0.05, 0) is 43.4 Å². The van der Waals surface area contributed by atoms with Gasteiger partial charge in [0.25, 0.3) is 0 Å². The molecule has 3 rings (SSSR count). The molecule has 5 nitrogen and oxygen atoms in total. The van der Waals surface area contributed by atoms with E-state index >= 15 is 0 Å². The molecule has 2 aliphatic rings. The molecule has 0 bridgehead atoms. The van der Waals surface area contributed by atoms with Crippen LogP contribution in [0.15, 0.2) is 18.2 Å². The molecule has 1 aromatic rings. The molecule has 1 amide bonds. The van der Waals surface area contributed by atoms with Gasteiger partial charge in [-0.3, -0.25) is 4.79 Å². The van der Waals surface area contributed by atoms with Crippen molar-refractivity contribution in [3.63, 3.8) is 0 Å². The Hall–Kier alpha value is -1.88. The summed E-state index contributed by atoms with van der Waals surface area (Å²) in [6.07, 6.45) is 4.23. The molecular weight excluding hydrogens is 268 g/mol. The Balaban J connectivity index is 1.95. The number of nitrogens with zero attached hydrogens (tertiary/aromatic N) is 1. The van der Waals surface area contributed by atoms with E-state index < -0.39 is 5.97 Å². The van der Waals surface area contributed by atoms with E-state index in [4.69, 9.17) is 5.73 Å². The lowest BCUT2D eigenvalue weighted by atomic mass is 9.94. The Morgan fingerprint density at radius 2 is 2.05 bits per heavy atom. The van der Waals surface area contributed by atoms with Crippen molar-refractivity contribution < 1.29 is 14.7 Å². The topological polar surface area (TPSA) is 83.6 Å². The standard InChI is InChI=1S/C16H20N2O3/c17-13-7-1-5-12(13)15(19)18-9-3-6-10-11(16(20)21)4-2-8-14(10)18/h2,4,8,12-13H,1,3,5-7,9,17H2,(H,20,21). The molecule has 21 heavy (non-hydrogen) atoms. The van der Waals surface area contributed by atoms with E-state index in [2.05, 4.69) is 0 Å². The highest BCUT2D eigenvalue weighted by atomic mass is 16.4. The third-order valence-corrected chi connectivity index (χ3v) is 4.63. The molecule has 1 saturated carbocycles. The average Bonchev–Trinajstić information content (AvgIpc) is 2.91. The van der Waals surface area contributed by atoms with Gasteiger partial charge in [0, 0.05) is 18.3 Å². The first-order chi connectivity index (χ1) is 10.1. The third-order valence-electron chi connectivity index (χ3n) is 4.63. The fourth-order valence-corrected chi connectivity index (χ4v) is 3.55. The molecule has 3 N–H and O–H groups in total. The summed E-state index contributed by atoms with van der Waals surface area (Å²) < 4.78 is 0. The molecule has 0 spiro atoms. The average molecular weight is 288 g/mol. The summed E-state index contributed by atoms with van der Waals surface area (Å²) in [5.41, 5.74) is 7.88. The molecular formula is C16H20N2O3. The zero-order valence-corrected chi connectivity index (χ0v) is 11.9. The Bertz CT molecular complexity index is 585. The molecule has 1 aliphatic heterocycles. The molecule has 2 unspecified atom stereocenters. The number of carbonyl (C=O) groups excluding carboxylic acids is 1. The molecule has 0 radical (unpaired) electrons. The van der Waals surface area contributed by atoms with Crippen molar-refractivity contribution in [3.05, 3.63) is 29.3 Å². The van der Waals surface area contributed by atoms with Crippen LogP contribution in [0.3, 0.4) is 0 Å². The predicted octanol–water partition coefficient (Wildman–Crippen LogP) is 1.79. The maximum Gasteiger partial charge on any atom is 0.336 e. The predicted molar refractivity (Wildman–Crippen MR) is 79.4 cm³/mol. The third kappa shape index (κ3) is 2.42. The highest BCUT2D eigenvalue weighted by molar-refractivity contribution is 5.99. The second-order valence-corrected chi connectivity index (χ2v) is 5.90. The van der Waals surface area contributed by atoms with Gasteiger partial charge in [-0.1, -0.05) is 12.5 Å². The fraction of sp³-hybridized carbons (Fsp3) is 0.500. The van der Waals surface area contributed by atoms with Crippen LogP contribution in [-0.4, -0.2) is 29.6 Å². The van der Waals surface area contributed by atoms with Crippen LogP contribution >= 0.6 is 0 Å². The Morgan fingerprint density at radius 3 is 2.71 bits per heavy atom. The van der Waals surface area contributed by atoms with Crippen molar-refractivity contribution >= 4 is 17.6 Å². The maximum absolute atomic E-state index is 12.8. The van der Waals surface area contributed by atoms with Crippen LogP contribution in [0.2, 0.25) is 0 Å². The minimum Gasteiger partial charge on any atom is -0.478 e. The number of carbonyl (C=O) groups is 2. The first-order valence-corrected chi connectivity index (χ1v) is 7.51. The van der Waals surface area contributed by atoms with Crippen LogP contribution in [0.1, 0.15) is 41.6 Å². The van der Waals surface area contributed by atoms with Crippen molar-refractivity contribution in [2.45, 2.75) is 38.1 Å². The normalized spacial score (nSPS) is 24.7. The van der Waals surface area contributed by atoms with Gasteiger partial charge < -0.3 is 15.7 Å². The van der Waals surface area contributed by atoms with Crippen LogP contribution in [0.5, 0.6) is 0 Å². The second-order valence-electron chi connectivity index (χ2n) is 5.90. The number of rotatable bonds is 2. The van der Waals surface area contributed by atoms with Gasteiger partial charge in [0.05, 0.1) is 11.5 Å². The number of aromatic carboxylic acids is 1. The Labute approximate surface area is 123 Å². The summed E-state index contributed by atoms with van der Waals surface area (Å²) in [4.78, 5) is 25.8. The molecule has 1 aliphatic carbocycles. The van der Waals surface area contributed by atoms with Crippen LogP contribution in [0, 0.1) is 5.92 Å². The van der Waals surface area contributed by atoms with Gasteiger partial charge in [-0.2, -0.15) is 0 Å². The quantitative estimate of drug-likeness (QED) is 0.869. The minimum absolute atomic E-state index is 0.0588. The van der Waals surface area contributed by atoms with Gasteiger partial charge in [0.1, 0.15) is 0 Å². The first-order valence-electron chi connectivity index (χ1n) is 7.51. The highest BCUT2D eigenvalue weighted by Gasteiger charge is 2.35. The van der Waals surface area contributed by atoms with Gasteiger partial charge in [-0.15, -0.1) is 0 Å². The van der Waals surface area contributed by atoms with Crippen molar-refractivity contribution in [3.8, 4) is 0 Å². The van der Waals surface area contributed by atoms with E-state index in [1.165, 1.54) is 0 Å². The van der Waals surface area contributed by atoms with Crippen molar-refractivity contribution in [1.82, 2.24) is 0 Å². The van der Waals surface area contributed by atoms with Gasteiger partial charge in [0.2, 0.25) is 5.91 Å². The number of carboxylic acid groups (broad SMARTS) is 1. The Kier molecular flexibility index (Phi) is 3.68. The zero-order chi connectivity index (χ0) is 15.0. The molecule has 112 valence electrons. The largest absolute Gasteiger partial charge is 0.478 e. The number of fused-ring (bicyclic) bond motifs is 1. The molecule has 5 heteroatoms. The lowest BCUT2D eigenvalue weighted by molar-refractivity contribution is -0.122. The van der Waals surface area contributed by atoms with Crippen LogP contribution < -0.4 is 10.6 Å². The van der Waals surface area contributed by atoms with Crippen molar-refractivity contribution in [1.29, 1.82) is 0 Å². The highest BCUT2D eigenvalue weighted by Crippen LogP contribution is 2.34. The smallest absolute Gasteiger partial charge is 0.336 e. The molecule has 0 saturated heterocycles. The van der Waals surface area contributed by atoms with Crippen LogP contribution in [-0.2, 0) is 11.2 Å². The van der Waals surface area contributed by atoms with E-state index in [1.54, 1.807) is 17.0 Å². The van der Waals surface area contributed by atoms with E-state index in [9.17, 15) is 14.7 Å². The van der Waals surface area contributed by atoms with Gasteiger partial charge in [-0.25, -0.2) is 4.79 Å². The van der Waals surface area contributed by atoms with Crippen molar-refractivity contribution in [2.75, 3.05) is 11.4 Å². The number of nitrogens with two attached hydrogens (primary N) is 1. The summed E-state index contributed by atoms with van der Waals surface area (Å²) in [5.74, 6) is -0.994. The fourth-order valence-electron chi connectivity index (χ4n) is 3.55. The number of carboxylic acids is 1. The zero-order valence-electron chi connectivity index (χ0n) is 11.9. The summed E-state index contributed by atoms with van der Waals surface area (Å²) in [6, 6.07) is 5.10. The first kappa shape index (κ1) is 14.1. The minimum atomic E-state index is -0.932. The van der Waals surface area contributed by atoms with E-state index in [1.807, 2.05) is 6.07 Å². The number of hydrogen-bond acceptors (Lipinski definition) is 3. The number of hydrogen-bond donors (Lipinski definition) is 2. The van der Waals surface area contributed by atoms with Crippen LogP contribution in [0.4, 0.5) is 5.69 Å². The molecule has 1 aromatic carbocycles. The SMILES string of the molecule is NC1CCCC1C(=O)N1CCCc2c(C(=O)O)cccc21. The summed E-state index contributed by atoms with van der Waals surface area (Å²) in [7, 11) is 0. The molecule has 1 fully saturated rings. The van der Waals surface area contributed by atoms with E-state index in [0.29, 0.717) is 18.5 Å². The summed E-state index contributed by atoms with van der Waals surface area (Å²) >= 11 is 0. The lowest BCUT2D eigenvalue weighted by Gasteiger charge is -2.33. The van der Waals surface area contributed by atoms with Crippen molar-refractivity contribution in [2.24, 2.45) is 11.7 Å². The Morgan fingerprint density at radius 1 is 1.24 bits per heavy atom. The van der Waals surface area contributed by atoms with E-state index in [0.717, 1.165) is 36.9 Å². The molecule has 2 atom stereocenters. The molecule has 1 heterocycles. The van der Waals surface area contributed by atoms with Gasteiger partial charge in [0.15, 0.2) is 0 Å². The van der Waals surface area contributed by atoms with Gasteiger partial charge >= 0.3 is 5.97 Å². The lowest BCUT2D eigenvalue weighted by Crippen LogP contribution is -2.44. The number of amides is 1. The molecule has 0 aromatic heterocycles. The second kappa shape index (κ2) is 5.48. The number of anilines is 1.